The molecule has 2 N–H and O–H groups in total. The van der Waals surface area contributed by atoms with E-state index in [9.17, 15) is 9.59 Å². The molecular weight excluding hydrogens is 380 g/mol. The zero-order valence-electron chi connectivity index (χ0n) is 17.4. The summed E-state index contributed by atoms with van der Waals surface area (Å²) in [7, 11) is 0. The second-order valence-electron chi connectivity index (χ2n) is 8.21. The molecule has 2 aliphatic rings. The third-order valence-electron chi connectivity index (χ3n) is 5.37. The Balaban J connectivity index is 1.28. The first-order valence-electron chi connectivity index (χ1n) is 10.5. The molecule has 30 heavy (non-hydrogen) atoms. The fourth-order valence-electron chi connectivity index (χ4n) is 3.65. The Hall–Kier alpha value is -2.93. The van der Waals surface area contributed by atoms with Crippen LogP contribution in [0.3, 0.4) is 0 Å². The van der Waals surface area contributed by atoms with Crippen molar-refractivity contribution < 1.29 is 14.3 Å². The van der Waals surface area contributed by atoms with E-state index < -0.39 is 0 Å². The summed E-state index contributed by atoms with van der Waals surface area (Å²) < 4.78 is 5.77. The van der Waals surface area contributed by atoms with E-state index in [1.54, 1.807) is 30.5 Å². The standard InChI is InChI=1S/C23H28N4O3/c1-15-13-27(14-16(2)30-15)21-10-3-17(11-24-21)12-25-22(28)18-6-8-20(9-7-18)26-23(29)19-4-5-19/h3,6-11,15-16,19H,4-5,12-14H2,1-2H3,(H,25,28)(H,26,29). The van der Waals surface area contributed by atoms with Crippen molar-refractivity contribution in [2.45, 2.75) is 45.4 Å². The number of hydrogen-bond donors (Lipinski definition) is 2. The number of pyridine rings is 1. The first kappa shape index (κ1) is 20.3. The van der Waals surface area contributed by atoms with Crippen LogP contribution in [0.15, 0.2) is 42.6 Å². The average molecular weight is 409 g/mol. The van der Waals surface area contributed by atoms with Gasteiger partial charge in [-0.15, -0.1) is 0 Å². The van der Waals surface area contributed by atoms with Crippen molar-refractivity contribution in [1.29, 1.82) is 0 Å². The third-order valence-corrected chi connectivity index (χ3v) is 5.37. The maximum atomic E-state index is 12.4. The molecule has 1 aliphatic carbocycles. The SMILES string of the molecule is CC1CN(c2ccc(CNC(=O)c3ccc(NC(=O)C4CC4)cc3)cn2)CC(C)O1. The molecule has 158 valence electrons. The van der Waals surface area contributed by atoms with E-state index in [1.807, 2.05) is 12.1 Å². The second-order valence-corrected chi connectivity index (χ2v) is 8.21. The molecule has 1 aromatic heterocycles. The topological polar surface area (TPSA) is 83.6 Å². The highest BCUT2D eigenvalue weighted by atomic mass is 16.5. The molecule has 7 heteroatoms. The van der Waals surface area contributed by atoms with Crippen LogP contribution in [0.4, 0.5) is 11.5 Å². The lowest BCUT2D eigenvalue weighted by molar-refractivity contribution is -0.117. The van der Waals surface area contributed by atoms with Crippen molar-refractivity contribution in [3.05, 3.63) is 53.7 Å². The van der Waals surface area contributed by atoms with Gasteiger partial charge in [0.25, 0.3) is 5.91 Å². The first-order chi connectivity index (χ1) is 14.5. The van der Waals surface area contributed by atoms with E-state index in [4.69, 9.17) is 4.74 Å². The Labute approximate surface area is 176 Å². The van der Waals surface area contributed by atoms with Gasteiger partial charge < -0.3 is 20.3 Å². The van der Waals surface area contributed by atoms with Crippen molar-refractivity contribution in [3.63, 3.8) is 0 Å². The Morgan fingerprint density at radius 2 is 1.77 bits per heavy atom. The molecule has 0 bridgehead atoms. The van der Waals surface area contributed by atoms with Crippen molar-refractivity contribution >= 4 is 23.3 Å². The number of ether oxygens (including phenoxy) is 1. The molecule has 0 radical (unpaired) electrons. The third kappa shape index (κ3) is 5.16. The van der Waals surface area contributed by atoms with E-state index in [2.05, 4.69) is 34.4 Å². The Morgan fingerprint density at radius 3 is 2.37 bits per heavy atom. The van der Waals surface area contributed by atoms with Gasteiger partial charge >= 0.3 is 0 Å². The predicted octanol–water partition coefficient (Wildman–Crippen LogP) is 2.97. The number of hydrogen-bond acceptors (Lipinski definition) is 5. The summed E-state index contributed by atoms with van der Waals surface area (Å²) >= 11 is 0. The van der Waals surface area contributed by atoms with Crippen LogP contribution in [0.2, 0.25) is 0 Å². The number of anilines is 2. The number of morpholine rings is 1. The molecule has 1 aliphatic heterocycles. The number of nitrogens with one attached hydrogen (secondary N) is 2. The highest BCUT2D eigenvalue weighted by molar-refractivity contribution is 5.96. The highest BCUT2D eigenvalue weighted by Gasteiger charge is 2.29. The van der Waals surface area contributed by atoms with Gasteiger partial charge in [-0.2, -0.15) is 0 Å². The minimum atomic E-state index is -0.157. The largest absolute Gasteiger partial charge is 0.372 e. The lowest BCUT2D eigenvalue weighted by Crippen LogP contribution is -2.45. The summed E-state index contributed by atoms with van der Waals surface area (Å²) in [5.74, 6) is 0.984. The fraction of sp³-hybridized carbons (Fsp3) is 0.435. The highest BCUT2D eigenvalue weighted by Crippen LogP contribution is 2.30. The molecule has 0 spiro atoms. The minimum absolute atomic E-state index is 0.0594. The summed E-state index contributed by atoms with van der Waals surface area (Å²) in [6, 6.07) is 10.9. The van der Waals surface area contributed by atoms with Crippen molar-refractivity contribution in [3.8, 4) is 0 Å². The summed E-state index contributed by atoms with van der Waals surface area (Å²) in [4.78, 5) is 31.0. The lowest BCUT2D eigenvalue weighted by Gasteiger charge is -2.36. The molecular formula is C23H28N4O3. The van der Waals surface area contributed by atoms with Crippen LogP contribution in [0.1, 0.15) is 42.6 Å². The zero-order valence-corrected chi connectivity index (χ0v) is 17.4. The fourth-order valence-corrected chi connectivity index (χ4v) is 3.65. The van der Waals surface area contributed by atoms with Crippen LogP contribution in [0.25, 0.3) is 0 Å². The normalized spacial score (nSPS) is 21.2. The van der Waals surface area contributed by atoms with Gasteiger partial charge in [0.05, 0.1) is 12.2 Å². The minimum Gasteiger partial charge on any atom is -0.372 e. The van der Waals surface area contributed by atoms with Gasteiger partial charge in [0.1, 0.15) is 5.82 Å². The number of amides is 2. The zero-order chi connectivity index (χ0) is 21.1. The van der Waals surface area contributed by atoms with Crippen molar-refractivity contribution in [2.75, 3.05) is 23.3 Å². The molecule has 2 heterocycles. The number of carbonyl (C=O) groups is 2. The van der Waals surface area contributed by atoms with Gasteiger partial charge in [0.15, 0.2) is 0 Å². The molecule has 1 saturated carbocycles. The summed E-state index contributed by atoms with van der Waals surface area (Å²) in [6.07, 6.45) is 4.10. The first-order valence-corrected chi connectivity index (χ1v) is 10.5. The van der Waals surface area contributed by atoms with Gasteiger partial charge in [0, 0.05) is 43.0 Å². The monoisotopic (exact) mass is 408 g/mol. The second kappa shape index (κ2) is 8.83. The molecule has 2 unspecified atom stereocenters. The Morgan fingerprint density at radius 1 is 1.07 bits per heavy atom. The van der Waals surface area contributed by atoms with E-state index in [1.165, 1.54) is 0 Å². The molecule has 4 rings (SSSR count). The van der Waals surface area contributed by atoms with Crippen LogP contribution in [-0.4, -0.2) is 42.1 Å². The molecule has 7 nitrogen and oxygen atoms in total. The maximum absolute atomic E-state index is 12.4. The maximum Gasteiger partial charge on any atom is 0.251 e. The number of aromatic nitrogens is 1. The van der Waals surface area contributed by atoms with Crippen LogP contribution >= 0.6 is 0 Å². The number of benzene rings is 1. The summed E-state index contributed by atoms with van der Waals surface area (Å²) in [6.45, 7) is 6.19. The van der Waals surface area contributed by atoms with Crippen LogP contribution < -0.4 is 15.5 Å². The van der Waals surface area contributed by atoms with Crippen LogP contribution in [0.5, 0.6) is 0 Å². The average Bonchev–Trinajstić information content (AvgIpc) is 3.58. The van der Waals surface area contributed by atoms with Gasteiger partial charge in [-0.3, -0.25) is 9.59 Å². The van der Waals surface area contributed by atoms with Crippen LogP contribution in [0, 0.1) is 5.92 Å². The summed E-state index contributed by atoms with van der Waals surface area (Å²) in [5.41, 5.74) is 2.21. The molecule has 2 amide bonds. The molecule has 2 aromatic rings. The smallest absolute Gasteiger partial charge is 0.251 e. The van der Waals surface area contributed by atoms with Gasteiger partial charge in [-0.05, 0) is 62.6 Å². The van der Waals surface area contributed by atoms with E-state index >= 15 is 0 Å². The van der Waals surface area contributed by atoms with Crippen molar-refractivity contribution in [2.24, 2.45) is 5.92 Å². The summed E-state index contributed by atoms with van der Waals surface area (Å²) in [5, 5.41) is 5.79. The molecule has 1 aromatic carbocycles. The van der Waals surface area contributed by atoms with E-state index in [0.29, 0.717) is 12.1 Å². The lowest BCUT2D eigenvalue weighted by atomic mass is 10.2. The van der Waals surface area contributed by atoms with Gasteiger partial charge in [-0.1, -0.05) is 6.07 Å². The van der Waals surface area contributed by atoms with Gasteiger partial charge in [0.2, 0.25) is 5.91 Å². The molecule has 2 fully saturated rings. The number of rotatable bonds is 6. The Kier molecular flexibility index (Phi) is 5.99. The van der Waals surface area contributed by atoms with Gasteiger partial charge in [-0.25, -0.2) is 4.98 Å². The molecule has 1 saturated heterocycles. The predicted molar refractivity (Wildman–Crippen MR) is 115 cm³/mol. The van der Waals surface area contributed by atoms with E-state index in [0.717, 1.165) is 43.0 Å². The van der Waals surface area contributed by atoms with E-state index in [-0.39, 0.29) is 29.9 Å². The number of nitrogens with zero attached hydrogens (tertiary/aromatic N) is 2. The number of carbonyl (C=O) groups excluding carboxylic acids is 2. The molecule has 2 atom stereocenters. The quantitative estimate of drug-likeness (QED) is 0.768. The Bertz CT molecular complexity index is 884. The van der Waals surface area contributed by atoms with Crippen molar-refractivity contribution in [1.82, 2.24) is 10.3 Å². The van der Waals surface area contributed by atoms with Crippen LogP contribution in [-0.2, 0) is 16.1 Å².